The summed E-state index contributed by atoms with van der Waals surface area (Å²) in [6.45, 7) is 9.97. The van der Waals surface area contributed by atoms with Crippen LogP contribution in [0, 0.1) is 20.8 Å². The fourth-order valence-corrected chi connectivity index (χ4v) is 2.88. The highest BCUT2D eigenvalue weighted by Crippen LogP contribution is 2.15. The minimum Gasteiger partial charge on any atom is -0.363 e. The van der Waals surface area contributed by atoms with E-state index in [4.69, 9.17) is 12.2 Å². The number of hydrogen-bond acceptors (Lipinski definition) is 3. The van der Waals surface area contributed by atoms with Gasteiger partial charge in [-0.1, -0.05) is 0 Å². The zero-order valence-corrected chi connectivity index (χ0v) is 15.4. The van der Waals surface area contributed by atoms with E-state index in [1.165, 1.54) is 11.3 Å². The van der Waals surface area contributed by atoms with Gasteiger partial charge in [0.15, 0.2) is 5.11 Å². The molecule has 0 bridgehead atoms. The Hall–Kier alpha value is -1.89. The third-order valence-electron chi connectivity index (χ3n) is 4.02. The van der Waals surface area contributed by atoms with Gasteiger partial charge in [0, 0.05) is 37.1 Å². The van der Waals surface area contributed by atoms with Gasteiger partial charge in [0.1, 0.15) is 0 Å². The third kappa shape index (κ3) is 4.54. The van der Waals surface area contributed by atoms with Crippen molar-refractivity contribution in [2.75, 3.05) is 6.54 Å². The van der Waals surface area contributed by atoms with Crippen molar-refractivity contribution < 1.29 is 0 Å². The second kappa shape index (κ2) is 7.59. The molecule has 126 valence electrons. The number of nitrogens with zero attached hydrogens (tertiary/aromatic N) is 4. The SMILES string of the molecule is Cc1cc(C)n(CCCNC(=S)NC(C)c2cnn(C)c2C)n1. The first-order valence-electron chi connectivity index (χ1n) is 7.92. The molecule has 2 heterocycles. The molecule has 2 N–H and O–H groups in total. The lowest BCUT2D eigenvalue weighted by molar-refractivity contribution is 0.554. The van der Waals surface area contributed by atoms with Crippen LogP contribution >= 0.6 is 12.2 Å². The Kier molecular flexibility index (Phi) is 5.76. The van der Waals surface area contributed by atoms with Crippen LogP contribution in [0.3, 0.4) is 0 Å². The van der Waals surface area contributed by atoms with E-state index in [0.29, 0.717) is 5.11 Å². The Labute approximate surface area is 143 Å². The van der Waals surface area contributed by atoms with Crippen molar-refractivity contribution >= 4 is 17.3 Å². The Morgan fingerprint density at radius 3 is 2.65 bits per heavy atom. The van der Waals surface area contributed by atoms with E-state index in [1.54, 1.807) is 0 Å². The maximum Gasteiger partial charge on any atom is 0.166 e. The molecule has 0 radical (unpaired) electrons. The van der Waals surface area contributed by atoms with Crippen LogP contribution in [-0.4, -0.2) is 31.2 Å². The van der Waals surface area contributed by atoms with E-state index in [9.17, 15) is 0 Å². The summed E-state index contributed by atoms with van der Waals surface area (Å²) in [6, 6.07) is 2.23. The number of aromatic nitrogens is 4. The standard InChI is InChI=1S/C16H26N6S/c1-11-9-12(2)22(20-11)8-6-7-17-16(23)19-13(3)15-10-18-21(5)14(15)4/h9-10,13H,6-8H2,1-5H3,(H2,17,19,23). The van der Waals surface area contributed by atoms with Gasteiger partial charge in [-0.2, -0.15) is 10.2 Å². The number of aryl methyl sites for hydroxylation is 4. The highest BCUT2D eigenvalue weighted by molar-refractivity contribution is 7.80. The topological polar surface area (TPSA) is 59.7 Å². The average Bonchev–Trinajstić information content (AvgIpc) is 2.98. The first-order chi connectivity index (χ1) is 10.9. The van der Waals surface area contributed by atoms with Crippen LogP contribution in [0.15, 0.2) is 12.3 Å². The van der Waals surface area contributed by atoms with Crippen molar-refractivity contribution in [3.63, 3.8) is 0 Å². The van der Waals surface area contributed by atoms with Gasteiger partial charge in [-0.3, -0.25) is 9.36 Å². The monoisotopic (exact) mass is 334 g/mol. The lowest BCUT2D eigenvalue weighted by Crippen LogP contribution is -2.37. The van der Waals surface area contributed by atoms with Crippen LogP contribution in [0.1, 0.15) is 42.0 Å². The molecular formula is C16H26N6S. The molecule has 1 atom stereocenters. The smallest absolute Gasteiger partial charge is 0.166 e. The summed E-state index contributed by atoms with van der Waals surface area (Å²) in [4.78, 5) is 0. The maximum absolute atomic E-state index is 5.37. The summed E-state index contributed by atoms with van der Waals surface area (Å²) < 4.78 is 3.91. The van der Waals surface area contributed by atoms with E-state index in [1.807, 2.05) is 29.5 Å². The van der Waals surface area contributed by atoms with E-state index >= 15 is 0 Å². The molecule has 0 saturated carbocycles. The second-order valence-corrected chi connectivity index (χ2v) is 6.34. The molecule has 0 amide bonds. The predicted octanol–water partition coefficient (Wildman–Crippen LogP) is 2.16. The third-order valence-corrected chi connectivity index (χ3v) is 4.29. The summed E-state index contributed by atoms with van der Waals surface area (Å²) in [7, 11) is 1.95. The molecule has 2 aromatic rings. The van der Waals surface area contributed by atoms with Crippen LogP contribution in [0.2, 0.25) is 0 Å². The first kappa shape index (κ1) is 17.5. The molecule has 0 aromatic carbocycles. The number of nitrogens with one attached hydrogen (secondary N) is 2. The fraction of sp³-hybridized carbons (Fsp3) is 0.562. The van der Waals surface area contributed by atoms with Crippen molar-refractivity contribution in [3.05, 3.63) is 34.9 Å². The molecule has 0 aliphatic heterocycles. The lowest BCUT2D eigenvalue weighted by Gasteiger charge is -2.17. The zero-order valence-electron chi connectivity index (χ0n) is 14.6. The van der Waals surface area contributed by atoms with Crippen molar-refractivity contribution in [1.82, 2.24) is 30.2 Å². The maximum atomic E-state index is 5.37. The largest absolute Gasteiger partial charge is 0.363 e. The van der Waals surface area contributed by atoms with Gasteiger partial charge >= 0.3 is 0 Å². The van der Waals surface area contributed by atoms with Gasteiger partial charge in [-0.25, -0.2) is 0 Å². The lowest BCUT2D eigenvalue weighted by atomic mass is 10.1. The Bertz CT molecular complexity index is 672. The predicted molar refractivity (Wildman–Crippen MR) is 96.4 cm³/mol. The number of hydrogen-bond donors (Lipinski definition) is 2. The van der Waals surface area contributed by atoms with Crippen LogP contribution in [0.25, 0.3) is 0 Å². The molecular weight excluding hydrogens is 308 g/mol. The molecule has 0 spiro atoms. The summed E-state index contributed by atoms with van der Waals surface area (Å²) in [6.07, 6.45) is 2.86. The molecule has 1 unspecified atom stereocenters. The Morgan fingerprint density at radius 2 is 2.09 bits per heavy atom. The van der Waals surface area contributed by atoms with Gasteiger partial charge in [-0.15, -0.1) is 0 Å². The van der Waals surface area contributed by atoms with Gasteiger partial charge in [0.2, 0.25) is 0 Å². The normalized spacial score (nSPS) is 12.2. The molecule has 0 aliphatic rings. The van der Waals surface area contributed by atoms with Gasteiger partial charge in [0.05, 0.1) is 17.9 Å². The van der Waals surface area contributed by atoms with Crippen molar-refractivity contribution in [2.24, 2.45) is 7.05 Å². The van der Waals surface area contributed by atoms with E-state index < -0.39 is 0 Å². The zero-order chi connectivity index (χ0) is 17.0. The van der Waals surface area contributed by atoms with Crippen molar-refractivity contribution in [2.45, 2.75) is 46.7 Å². The highest BCUT2D eigenvalue weighted by Gasteiger charge is 2.12. The van der Waals surface area contributed by atoms with Crippen LogP contribution in [-0.2, 0) is 13.6 Å². The van der Waals surface area contributed by atoms with Crippen LogP contribution in [0.5, 0.6) is 0 Å². The second-order valence-electron chi connectivity index (χ2n) is 5.93. The summed E-state index contributed by atoms with van der Waals surface area (Å²) >= 11 is 5.37. The average molecular weight is 334 g/mol. The summed E-state index contributed by atoms with van der Waals surface area (Å²) in [5.74, 6) is 0. The fourth-order valence-electron chi connectivity index (χ4n) is 2.60. The summed E-state index contributed by atoms with van der Waals surface area (Å²) in [5.41, 5.74) is 4.58. The molecule has 6 nitrogen and oxygen atoms in total. The summed E-state index contributed by atoms with van der Waals surface area (Å²) in [5, 5.41) is 16.0. The quantitative estimate of drug-likeness (QED) is 0.626. The number of rotatable bonds is 6. The van der Waals surface area contributed by atoms with E-state index in [-0.39, 0.29) is 6.04 Å². The van der Waals surface area contributed by atoms with Crippen molar-refractivity contribution in [1.29, 1.82) is 0 Å². The number of thiocarbonyl (C=S) groups is 1. The minimum atomic E-state index is 0.139. The highest BCUT2D eigenvalue weighted by atomic mass is 32.1. The minimum absolute atomic E-state index is 0.139. The molecule has 0 fully saturated rings. The van der Waals surface area contributed by atoms with Crippen molar-refractivity contribution in [3.8, 4) is 0 Å². The van der Waals surface area contributed by atoms with Gasteiger partial charge in [0.25, 0.3) is 0 Å². The molecule has 23 heavy (non-hydrogen) atoms. The first-order valence-corrected chi connectivity index (χ1v) is 8.33. The van der Waals surface area contributed by atoms with Gasteiger partial charge in [-0.05, 0) is 52.4 Å². The molecule has 2 rings (SSSR count). The Balaban J connectivity index is 1.73. The van der Waals surface area contributed by atoms with Crippen LogP contribution in [0.4, 0.5) is 0 Å². The molecule has 0 aliphatic carbocycles. The molecule has 0 saturated heterocycles. The Morgan fingerprint density at radius 1 is 1.35 bits per heavy atom. The van der Waals surface area contributed by atoms with Crippen LogP contribution < -0.4 is 10.6 Å². The molecule has 2 aromatic heterocycles. The molecule has 7 heteroatoms. The van der Waals surface area contributed by atoms with Gasteiger partial charge < -0.3 is 10.6 Å². The van der Waals surface area contributed by atoms with E-state index in [0.717, 1.165) is 30.9 Å². The van der Waals surface area contributed by atoms with E-state index in [2.05, 4.69) is 47.7 Å².